The first-order valence-corrected chi connectivity index (χ1v) is 17.3. The highest BCUT2D eigenvalue weighted by Crippen LogP contribution is 2.37. The molecule has 0 spiro atoms. The third kappa shape index (κ3) is 7.99. The Kier molecular flexibility index (Phi) is 9.98. The zero-order valence-electron chi connectivity index (χ0n) is 24.3. The van der Waals surface area contributed by atoms with Crippen LogP contribution in [0, 0.1) is 6.92 Å². The lowest BCUT2D eigenvalue weighted by Gasteiger charge is -2.38. The number of carbonyl (C=O) groups excluding carboxylic acids is 1. The smallest absolute Gasteiger partial charge is 0.295 e. The van der Waals surface area contributed by atoms with Gasteiger partial charge in [0.15, 0.2) is 8.32 Å². The molecular formula is C27H36ClN5O6SSi. The fourth-order valence-electron chi connectivity index (χ4n) is 3.69. The van der Waals surface area contributed by atoms with Gasteiger partial charge in [-0.25, -0.2) is 4.98 Å². The SMILES string of the molecule is COc1cnc(Cl)cc1-c1cc(C)ncc1C(=O)Nc1nnc(OCC2COC(CO[Si](C)(C)C(C)(C)C)CO2)s1. The fourth-order valence-corrected chi connectivity index (χ4v) is 5.49. The van der Waals surface area contributed by atoms with E-state index in [4.69, 9.17) is 35.0 Å². The minimum Gasteiger partial charge on any atom is -0.494 e. The summed E-state index contributed by atoms with van der Waals surface area (Å²) in [6.45, 7) is 14.5. The normalized spacial score (nSPS) is 17.8. The molecule has 3 aromatic rings. The molecule has 11 nitrogen and oxygen atoms in total. The Balaban J connectivity index is 1.31. The van der Waals surface area contributed by atoms with E-state index < -0.39 is 14.2 Å². The van der Waals surface area contributed by atoms with Gasteiger partial charge in [-0.05, 0) is 48.5 Å². The summed E-state index contributed by atoms with van der Waals surface area (Å²) >= 11 is 7.24. The van der Waals surface area contributed by atoms with Gasteiger partial charge in [-0.3, -0.25) is 15.1 Å². The van der Waals surface area contributed by atoms with E-state index in [1.165, 1.54) is 19.5 Å². The van der Waals surface area contributed by atoms with Crippen LogP contribution in [0.1, 0.15) is 36.8 Å². The molecule has 0 bridgehead atoms. The molecule has 14 heteroatoms. The molecule has 1 N–H and O–H groups in total. The van der Waals surface area contributed by atoms with Crippen molar-refractivity contribution in [2.45, 2.75) is 58.0 Å². The summed E-state index contributed by atoms with van der Waals surface area (Å²) in [4.78, 5) is 21.6. The molecular weight excluding hydrogens is 586 g/mol. The standard InChI is InChI=1S/C27H36ClN5O6SSi/c1-16-8-19(20-9-23(28)30-11-22(20)35-5)21(10-29-16)24(34)31-25-32-33-26(40-25)38-14-17-12-37-18(13-36-17)15-39-41(6,7)27(2,3)4/h8-11,17-18H,12-15H2,1-7H3,(H,31,32,34). The van der Waals surface area contributed by atoms with E-state index in [1.54, 1.807) is 12.1 Å². The van der Waals surface area contributed by atoms with Crippen molar-refractivity contribution >= 4 is 42.3 Å². The van der Waals surface area contributed by atoms with Gasteiger partial charge in [-0.1, -0.05) is 37.5 Å². The predicted molar refractivity (Wildman–Crippen MR) is 160 cm³/mol. The maximum atomic E-state index is 13.2. The Morgan fingerprint density at radius 3 is 2.46 bits per heavy atom. The van der Waals surface area contributed by atoms with Crippen molar-refractivity contribution in [1.82, 2.24) is 20.2 Å². The number of methoxy groups -OCH3 is 1. The van der Waals surface area contributed by atoms with Crippen molar-refractivity contribution in [3.63, 3.8) is 0 Å². The van der Waals surface area contributed by atoms with Crippen LogP contribution in [0.25, 0.3) is 11.1 Å². The van der Waals surface area contributed by atoms with E-state index in [-0.39, 0.29) is 34.1 Å². The van der Waals surface area contributed by atoms with E-state index in [0.29, 0.717) is 47.5 Å². The maximum Gasteiger partial charge on any atom is 0.295 e. The molecule has 1 fully saturated rings. The van der Waals surface area contributed by atoms with Crippen LogP contribution < -0.4 is 14.8 Å². The van der Waals surface area contributed by atoms with Crippen LogP contribution in [0.4, 0.5) is 5.13 Å². The summed E-state index contributed by atoms with van der Waals surface area (Å²) in [6.07, 6.45) is 2.66. The summed E-state index contributed by atoms with van der Waals surface area (Å²) in [7, 11) is -0.321. The molecule has 222 valence electrons. The topological polar surface area (TPSA) is 127 Å². The van der Waals surface area contributed by atoms with Crippen LogP contribution in [0.3, 0.4) is 0 Å². The number of anilines is 1. The summed E-state index contributed by atoms with van der Waals surface area (Å²) in [5.41, 5.74) is 2.25. The zero-order valence-corrected chi connectivity index (χ0v) is 26.9. The molecule has 0 aromatic carbocycles. The second-order valence-corrected chi connectivity index (χ2v) is 17.3. The van der Waals surface area contributed by atoms with Gasteiger partial charge in [0.25, 0.3) is 11.1 Å². The molecule has 1 amide bonds. The van der Waals surface area contributed by atoms with Gasteiger partial charge in [-0.15, -0.1) is 5.10 Å². The van der Waals surface area contributed by atoms with Gasteiger partial charge in [0.1, 0.15) is 29.7 Å². The number of hydrogen-bond acceptors (Lipinski definition) is 11. The van der Waals surface area contributed by atoms with E-state index in [0.717, 1.165) is 17.0 Å². The first-order valence-electron chi connectivity index (χ1n) is 13.2. The van der Waals surface area contributed by atoms with Crippen molar-refractivity contribution < 1.29 is 28.2 Å². The van der Waals surface area contributed by atoms with Gasteiger partial charge >= 0.3 is 0 Å². The Morgan fingerprint density at radius 1 is 1.10 bits per heavy atom. The highest BCUT2D eigenvalue weighted by Gasteiger charge is 2.38. The molecule has 0 radical (unpaired) electrons. The molecule has 4 rings (SSSR count). The van der Waals surface area contributed by atoms with E-state index in [1.807, 2.05) is 6.92 Å². The van der Waals surface area contributed by atoms with Crippen LogP contribution in [-0.4, -0.2) is 80.1 Å². The number of aryl methyl sites for hydroxylation is 1. The Labute approximate surface area is 250 Å². The number of carbonyl (C=O) groups is 1. The minimum absolute atomic E-state index is 0.104. The highest BCUT2D eigenvalue weighted by atomic mass is 35.5. The number of nitrogens with zero attached hydrogens (tertiary/aromatic N) is 4. The lowest BCUT2D eigenvalue weighted by Crippen LogP contribution is -2.46. The number of hydrogen-bond donors (Lipinski definition) is 1. The first kappa shape index (κ1) is 31.3. The molecule has 0 saturated carbocycles. The molecule has 1 saturated heterocycles. The van der Waals surface area contributed by atoms with Crippen LogP contribution >= 0.6 is 22.9 Å². The predicted octanol–water partition coefficient (Wildman–Crippen LogP) is 5.40. The number of rotatable bonds is 10. The monoisotopic (exact) mass is 621 g/mol. The molecule has 0 aliphatic carbocycles. The molecule has 41 heavy (non-hydrogen) atoms. The number of nitrogens with one attached hydrogen (secondary N) is 1. The van der Waals surface area contributed by atoms with Crippen molar-refractivity contribution in [2.24, 2.45) is 0 Å². The number of ether oxygens (including phenoxy) is 4. The molecule has 4 heterocycles. The first-order chi connectivity index (χ1) is 19.4. The summed E-state index contributed by atoms with van der Waals surface area (Å²) in [5.74, 6) is 0.0594. The highest BCUT2D eigenvalue weighted by molar-refractivity contribution is 7.17. The second kappa shape index (κ2) is 13.1. The lowest BCUT2D eigenvalue weighted by atomic mass is 10.0. The molecule has 1 aliphatic rings. The molecule has 3 aromatic heterocycles. The number of halogens is 1. The van der Waals surface area contributed by atoms with Crippen molar-refractivity contribution in [3.05, 3.63) is 40.9 Å². The van der Waals surface area contributed by atoms with Gasteiger partial charge in [-0.2, -0.15) is 0 Å². The minimum atomic E-state index is -1.85. The quantitative estimate of drug-likeness (QED) is 0.232. The average Bonchev–Trinajstić information content (AvgIpc) is 3.37. The van der Waals surface area contributed by atoms with Crippen molar-refractivity contribution in [2.75, 3.05) is 38.9 Å². The van der Waals surface area contributed by atoms with Crippen LogP contribution in [-0.2, 0) is 13.9 Å². The van der Waals surface area contributed by atoms with Crippen LogP contribution in [0.5, 0.6) is 10.9 Å². The van der Waals surface area contributed by atoms with Crippen LogP contribution in [0.2, 0.25) is 23.3 Å². The average molecular weight is 622 g/mol. The van der Waals surface area contributed by atoms with Gasteiger partial charge in [0.2, 0.25) is 5.13 Å². The largest absolute Gasteiger partial charge is 0.494 e. The van der Waals surface area contributed by atoms with Gasteiger partial charge < -0.3 is 23.4 Å². The zero-order chi connectivity index (χ0) is 29.8. The Morgan fingerprint density at radius 2 is 1.80 bits per heavy atom. The lowest BCUT2D eigenvalue weighted by molar-refractivity contribution is -0.151. The van der Waals surface area contributed by atoms with Gasteiger partial charge in [0.05, 0.1) is 38.7 Å². The van der Waals surface area contributed by atoms with Crippen LogP contribution in [0.15, 0.2) is 24.5 Å². The van der Waals surface area contributed by atoms with Crippen molar-refractivity contribution in [3.8, 4) is 22.1 Å². The summed E-state index contributed by atoms with van der Waals surface area (Å²) < 4.78 is 29.3. The van der Waals surface area contributed by atoms with Gasteiger partial charge in [0, 0.05) is 23.0 Å². The number of aromatic nitrogens is 4. The molecule has 1 aliphatic heterocycles. The number of amides is 1. The van der Waals surface area contributed by atoms with E-state index >= 15 is 0 Å². The third-order valence-corrected chi connectivity index (χ3v) is 12.6. The second-order valence-electron chi connectivity index (χ2n) is 11.2. The maximum absolute atomic E-state index is 13.2. The number of pyridine rings is 2. The summed E-state index contributed by atoms with van der Waals surface area (Å²) in [6, 6.07) is 3.43. The van der Waals surface area contributed by atoms with E-state index in [2.05, 4.69) is 59.3 Å². The van der Waals surface area contributed by atoms with E-state index in [9.17, 15) is 4.79 Å². The Bertz CT molecular complexity index is 1360. The molecule has 2 atom stereocenters. The third-order valence-electron chi connectivity index (χ3n) is 7.12. The molecule has 2 unspecified atom stereocenters. The summed E-state index contributed by atoms with van der Waals surface area (Å²) in [5, 5.41) is 11.8. The fraction of sp³-hybridized carbons (Fsp3) is 0.519. The Hall–Kier alpha value is -2.68. The van der Waals surface area contributed by atoms with Crippen molar-refractivity contribution in [1.29, 1.82) is 0 Å².